The van der Waals surface area contributed by atoms with Gasteiger partial charge in [0.15, 0.2) is 5.15 Å². The molecule has 1 aromatic rings. The average molecular weight is 277 g/mol. The van der Waals surface area contributed by atoms with Crippen LogP contribution in [0, 0.1) is 0 Å². The molecule has 0 amide bonds. The van der Waals surface area contributed by atoms with Crippen LogP contribution in [0.2, 0.25) is 5.15 Å². The molecule has 0 aromatic carbocycles. The molecule has 0 atom stereocenters. The van der Waals surface area contributed by atoms with E-state index in [4.69, 9.17) is 11.6 Å². The Bertz CT molecular complexity index is 367. The predicted molar refractivity (Wildman–Crippen MR) is 47.7 cm³/mol. The Labute approximate surface area is 97.5 Å². The molecule has 96 valence electrons. The minimum absolute atomic E-state index is 0.0781. The average Bonchev–Trinajstić information content (AvgIpc) is 2.19. The van der Waals surface area contributed by atoms with Gasteiger partial charge in [0.25, 0.3) is 0 Å². The highest BCUT2D eigenvalue weighted by atomic mass is 35.5. The summed E-state index contributed by atoms with van der Waals surface area (Å²) in [6, 6.07) is 2.62. The van der Waals surface area contributed by atoms with Crippen LogP contribution in [0.25, 0.3) is 0 Å². The maximum absolute atomic E-state index is 12.4. The van der Waals surface area contributed by atoms with E-state index in [2.05, 4.69) is 14.9 Å². The van der Waals surface area contributed by atoms with Gasteiger partial charge >= 0.3 is 12.1 Å². The van der Waals surface area contributed by atoms with Crippen LogP contribution in [0.4, 0.5) is 22.0 Å². The molecule has 0 aliphatic carbocycles. The lowest BCUT2D eigenvalue weighted by Gasteiger charge is -2.19. The van der Waals surface area contributed by atoms with Gasteiger partial charge in [-0.05, 0) is 12.1 Å². The molecule has 1 rings (SSSR count). The topological polar surface area (TPSA) is 35.0 Å². The van der Waals surface area contributed by atoms with Crippen molar-refractivity contribution in [2.45, 2.75) is 18.7 Å². The Hall–Kier alpha value is -1.02. The van der Waals surface area contributed by atoms with E-state index in [1.165, 1.54) is 12.1 Å². The second kappa shape index (κ2) is 5.09. The van der Waals surface area contributed by atoms with Gasteiger partial charge in [0.1, 0.15) is 6.61 Å². The summed E-state index contributed by atoms with van der Waals surface area (Å²) in [7, 11) is 0. The third-order valence-corrected chi connectivity index (χ3v) is 1.84. The van der Waals surface area contributed by atoms with Gasteiger partial charge in [-0.3, -0.25) is 0 Å². The van der Waals surface area contributed by atoms with Crippen LogP contribution in [0.15, 0.2) is 12.1 Å². The summed E-state index contributed by atoms with van der Waals surface area (Å²) in [6.45, 7) is -2.27. The number of halogens is 6. The molecule has 0 saturated carbocycles. The first-order valence-corrected chi connectivity index (χ1v) is 4.60. The minimum Gasteiger partial charge on any atom is -0.368 e. The molecular formula is C8H6ClF5N2O. The molecule has 0 aliphatic rings. The van der Waals surface area contributed by atoms with Gasteiger partial charge < -0.3 is 4.74 Å². The highest BCUT2D eigenvalue weighted by Crippen LogP contribution is 2.35. The first-order chi connectivity index (χ1) is 7.72. The SMILES string of the molecule is FC(F)(F)C(F)(F)COCc1ccc(Cl)nn1. The second-order valence-corrected chi connectivity index (χ2v) is 3.43. The summed E-state index contributed by atoms with van der Waals surface area (Å²) >= 11 is 5.39. The van der Waals surface area contributed by atoms with E-state index in [9.17, 15) is 22.0 Å². The van der Waals surface area contributed by atoms with Crippen molar-refractivity contribution in [2.24, 2.45) is 0 Å². The van der Waals surface area contributed by atoms with Crippen LogP contribution < -0.4 is 0 Å². The zero-order valence-electron chi connectivity index (χ0n) is 8.14. The summed E-state index contributed by atoms with van der Waals surface area (Å²) in [5.41, 5.74) is 0.104. The van der Waals surface area contributed by atoms with Crippen molar-refractivity contribution in [1.82, 2.24) is 10.2 Å². The number of rotatable bonds is 4. The van der Waals surface area contributed by atoms with Crippen LogP contribution in [-0.4, -0.2) is 28.9 Å². The van der Waals surface area contributed by atoms with Gasteiger partial charge in [0.05, 0.1) is 12.3 Å². The molecule has 9 heteroatoms. The largest absolute Gasteiger partial charge is 0.455 e. The summed E-state index contributed by atoms with van der Waals surface area (Å²) in [6.07, 6.45) is -5.63. The molecule has 0 aliphatic heterocycles. The molecule has 0 N–H and O–H groups in total. The lowest BCUT2D eigenvalue weighted by molar-refractivity contribution is -0.297. The fraction of sp³-hybridized carbons (Fsp3) is 0.500. The number of nitrogens with zero attached hydrogens (tertiary/aromatic N) is 2. The molecule has 1 heterocycles. The Balaban J connectivity index is 2.45. The van der Waals surface area contributed by atoms with E-state index < -0.39 is 25.3 Å². The molecule has 1 aromatic heterocycles. The standard InChI is InChI=1S/C8H6ClF5N2O/c9-6-2-1-5(15-16-6)3-17-4-7(10,11)8(12,13)14/h1-2H,3-4H2. The zero-order valence-corrected chi connectivity index (χ0v) is 8.90. The second-order valence-electron chi connectivity index (χ2n) is 3.04. The van der Waals surface area contributed by atoms with Crippen molar-refractivity contribution >= 4 is 11.6 Å². The normalized spacial score (nSPS) is 12.8. The van der Waals surface area contributed by atoms with Crippen LogP contribution in [-0.2, 0) is 11.3 Å². The number of ether oxygens (including phenoxy) is 1. The van der Waals surface area contributed by atoms with Crippen molar-refractivity contribution in [3.8, 4) is 0 Å². The molecule has 0 bridgehead atoms. The number of aromatic nitrogens is 2. The monoisotopic (exact) mass is 276 g/mol. The Morgan fingerprint density at radius 1 is 1.12 bits per heavy atom. The van der Waals surface area contributed by atoms with Crippen molar-refractivity contribution in [1.29, 1.82) is 0 Å². The summed E-state index contributed by atoms with van der Waals surface area (Å²) in [5.74, 6) is -4.88. The van der Waals surface area contributed by atoms with Crippen LogP contribution in [0.3, 0.4) is 0 Å². The molecule has 0 unspecified atom stereocenters. The lowest BCUT2D eigenvalue weighted by atomic mass is 10.3. The maximum Gasteiger partial charge on any atom is 0.455 e. The van der Waals surface area contributed by atoms with Crippen molar-refractivity contribution in [2.75, 3.05) is 6.61 Å². The van der Waals surface area contributed by atoms with Gasteiger partial charge in [-0.25, -0.2) is 0 Å². The highest BCUT2D eigenvalue weighted by Gasteiger charge is 2.57. The summed E-state index contributed by atoms with van der Waals surface area (Å²) in [5, 5.41) is 6.87. The third-order valence-electron chi connectivity index (χ3n) is 1.64. The fourth-order valence-electron chi connectivity index (χ4n) is 0.786. The number of hydrogen-bond acceptors (Lipinski definition) is 3. The molecular weight excluding hydrogens is 271 g/mol. The predicted octanol–water partition coefficient (Wildman–Crippen LogP) is 2.84. The zero-order chi connectivity index (χ0) is 13.1. The first-order valence-electron chi connectivity index (χ1n) is 4.23. The van der Waals surface area contributed by atoms with E-state index in [1.807, 2.05) is 0 Å². The van der Waals surface area contributed by atoms with Crippen molar-refractivity contribution in [3.63, 3.8) is 0 Å². The van der Waals surface area contributed by atoms with E-state index in [0.717, 1.165) is 0 Å². The van der Waals surface area contributed by atoms with Gasteiger partial charge in [-0.1, -0.05) is 11.6 Å². The van der Waals surface area contributed by atoms with E-state index in [0.29, 0.717) is 0 Å². The molecule has 17 heavy (non-hydrogen) atoms. The first kappa shape index (κ1) is 14.0. The van der Waals surface area contributed by atoms with Crippen molar-refractivity contribution in [3.05, 3.63) is 23.0 Å². The third kappa shape index (κ3) is 4.04. The quantitative estimate of drug-likeness (QED) is 0.793. The smallest absolute Gasteiger partial charge is 0.368 e. The lowest BCUT2D eigenvalue weighted by Crippen LogP contribution is -2.40. The fourth-order valence-corrected chi connectivity index (χ4v) is 0.887. The van der Waals surface area contributed by atoms with E-state index in [1.54, 1.807) is 0 Å². The van der Waals surface area contributed by atoms with Crippen LogP contribution in [0.5, 0.6) is 0 Å². The Kier molecular flexibility index (Phi) is 4.21. The van der Waals surface area contributed by atoms with Gasteiger partial charge in [0, 0.05) is 0 Å². The van der Waals surface area contributed by atoms with Gasteiger partial charge in [-0.15, -0.1) is 5.10 Å². The Morgan fingerprint density at radius 2 is 1.76 bits per heavy atom. The number of alkyl halides is 5. The molecule has 3 nitrogen and oxygen atoms in total. The highest BCUT2D eigenvalue weighted by molar-refractivity contribution is 6.29. The minimum atomic E-state index is -5.63. The maximum atomic E-state index is 12.4. The summed E-state index contributed by atoms with van der Waals surface area (Å²) in [4.78, 5) is 0. The Morgan fingerprint density at radius 3 is 2.24 bits per heavy atom. The molecule has 0 spiro atoms. The van der Waals surface area contributed by atoms with Crippen LogP contribution in [0.1, 0.15) is 5.69 Å². The van der Waals surface area contributed by atoms with Crippen molar-refractivity contribution < 1.29 is 26.7 Å². The van der Waals surface area contributed by atoms with E-state index >= 15 is 0 Å². The van der Waals surface area contributed by atoms with E-state index in [-0.39, 0.29) is 10.8 Å². The molecule has 0 radical (unpaired) electrons. The van der Waals surface area contributed by atoms with Crippen LogP contribution >= 0.6 is 11.6 Å². The number of hydrogen-bond donors (Lipinski definition) is 0. The molecule has 0 saturated heterocycles. The molecule has 0 fully saturated rings. The van der Waals surface area contributed by atoms with Gasteiger partial charge in [0.2, 0.25) is 0 Å². The van der Waals surface area contributed by atoms with Gasteiger partial charge in [-0.2, -0.15) is 27.1 Å². The summed E-state index contributed by atoms with van der Waals surface area (Å²) < 4.78 is 64.2.